The Morgan fingerprint density at radius 2 is 1.84 bits per heavy atom. The Balaban J connectivity index is 2.43. The summed E-state index contributed by atoms with van der Waals surface area (Å²) in [6.07, 6.45) is 2.43. The van der Waals surface area contributed by atoms with E-state index in [-0.39, 0.29) is 0 Å². The summed E-state index contributed by atoms with van der Waals surface area (Å²) in [6.45, 7) is 9.99. The minimum absolute atomic E-state index is 0.403. The van der Waals surface area contributed by atoms with E-state index in [0.717, 1.165) is 17.6 Å². The second-order valence-electron chi connectivity index (χ2n) is 5.78. The molecule has 0 radical (unpaired) electrons. The van der Waals surface area contributed by atoms with E-state index in [0.29, 0.717) is 5.56 Å². The molecule has 4 nitrogen and oxygen atoms in total. The van der Waals surface area contributed by atoms with Crippen molar-refractivity contribution in [2.24, 2.45) is 0 Å². The molecule has 0 saturated carbocycles. The maximum Gasteiger partial charge on any atom is 0.496 e. The van der Waals surface area contributed by atoms with Crippen LogP contribution in [-0.4, -0.2) is 23.3 Å². The summed E-state index contributed by atoms with van der Waals surface area (Å²) < 4.78 is 12.0. The lowest BCUT2D eigenvalue weighted by Gasteiger charge is -2.32. The van der Waals surface area contributed by atoms with Crippen LogP contribution < -0.4 is 5.46 Å². The Hall–Kier alpha value is -1.38. The molecule has 1 aliphatic heterocycles. The predicted octanol–water partition coefficient (Wildman–Crippen LogP) is 1.81. The third-order valence-corrected chi connectivity index (χ3v) is 4.02. The molecule has 1 aromatic heterocycles. The number of aryl methyl sites for hydroxylation is 1. The zero-order valence-electron chi connectivity index (χ0n) is 12.2. The first-order chi connectivity index (χ1) is 8.82. The van der Waals surface area contributed by atoms with Gasteiger partial charge in [0.1, 0.15) is 6.07 Å². The SMILES string of the molecule is CCc1nccc(B2OC(C)(C)C(C)(C)O2)c1C#N. The van der Waals surface area contributed by atoms with Crippen LogP contribution >= 0.6 is 0 Å². The molecule has 2 heterocycles. The summed E-state index contributed by atoms with van der Waals surface area (Å²) in [7, 11) is -0.507. The van der Waals surface area contributed by atoms with Crippen molar-refractivity contribution in [1.29, 1.82) is 5.26 Å². The Bertz CT molecular complexity index is 519. The van der Waals surface area contributed by atoms with E-state index < -0.39 is 18.3 Å². The normalized spacial score (nSPS) is 20.3. The number of nitrogens with zero attached hydrogens (tertiary/aromatic N) is 2. The molecule has 0 aromatic carbocycles. The van der Waals surface area contributed by atoms with E-state index in [1.165, 1.54) is 0 Å². The highest BCUT2D eigenvalue weighted by Crippen LogP contribution is 2.36. The minimum atomic E-state index is -0.507. The third kappa shape index (κ3) is 2.26. The summed E-state index contributed by atoms with van der Waals surface area (Å²) in [4.78, 5) is 4.24. The molecule has 0 bridgehead atoms. The van der Waals surface area contributed by atoms with Gasteiger partial charge in [-0.15, -0.1) is 0 Å². The zero-order chi connectivity index (χ0) is 14.3. The molecule has 0 N–H and O–H groups in total. The van der Waals surface area contributed by atoms with Crippen LogP contribution in [0.25, 0.3) is 0 Å². The van der Waals surface area contributed by atoms with Gasteiger partial charge in [0.2, 0.25) is 0 Å². The van der Waals surface area contributed by atoms with Gasteiger partial charge in [-0.1, -0.05) is 6.92 Å². The van der Waals surface area contributed by atoms with Crippen molar-refractivity contribution in [3.63, 3.8) is 0 Å². The first-order valence-electron chi connectivity index (χ1n) is 6.56. The van der Waals surface area contributed by atoms with Crippen molar-refractivity contribution < 1.29 is 9.31 Å². The minimum Gasteiger partial charge on any atom is -0.399 e. The van der Waals surface area contributed by atoms with Crippen LogP contribution in [0, 0.1) is 11.3 Å². The van der Waals surface area contributed by atoms with E-state index in [1.54, 1.807) is 12.3 Å². The fourth-order valence-corrected chi connectivity index (χ4v) is 2.09. The second-order valence-corrected chi connectivity index (χ2v) is 5.78. The summed E-state index contributed by atoms with van der Waals surface area (Å²) in [5.74, 6) is 0. The van der Waals surface area contributed by atoms with E-state index in [9.17, 15) is 5.26 Å². The maximum absolute atomic E-state index is 9.35. The molecule has 0 spiro atoms. The molecular formula is C14H19BN2O2. The average Bonchev–Trinajstić information content (AvgIpc) is 2.57. The number of aromatic nitrogens is 1. The van der Waals surface area contributed by atoms with Crippen molar-refractivity contribution in [3.8, 4) is 6.07 Å². The molecule has 0 atom stereocenters. The standard InChI is InChI=1S/C14H19BN2O2/c1-6-12-10(9-16)11(7-8-17-12)15-18-13(2,3)14(4,5)19-15/h7-8H,6H2,1-5H3. The van der Waals surface area contributed by atoms with Crippen molar-refractivity contribution >= 4 is 12.6 Å². The van der Waals surface area contributed by atoms with Gasteiger partial charge in [0.05, 0.1) is 22.5 Å². The van der Waals surface area contributed by atoms with Crippen LogP contribution in [0.5, 0.6) is 0 Å². The third-order valence-electron chi connectivity index (χ3n) is 4.02. The highest BCUT2D eigenvalue weighted by molar-refractivity contribution is 6.62. The second kappa shape index (κ2) is 4.62. The lowest BCUT2D eigenvalue weighted by molar-refractivity contribution is 0.00578. The number of hydrogen-bond donors (Lipinski definition) is 0. The summed E-state index contributed by atoms with van der Waals surface area (Å²) in [6, 6.07) is 4.03. The van der Waals surface area contributed by atoms with Gasteiger partial charge in [0, 0.05) is 11.7 Å². The molecule has 100 valence electrons. The molecule has 0 amide bonds. The van der Waals surface area contributed by atoms with E-state index in [2.05, 4.69) is 11.1 Å². The van der Waals surface area contributed by atoms with E-state index in [1.807, 2.05) is 34.6 Å². The molecular weight excluding hydrogens is 239 g/mol. The summed E-state index contributed by atoms with van der Waals surface area (Å²) in [5, 5.41) is 9.35. The predicted molar refractivity (Wildman–Crippen MR) is 74.0 cm³/mol. The first kappa shape index (κ1) is 14.0. The van der Waals surface area contributed by atoms with Gasteiger partial charge >= 0.3 is 7.12 Å². The largest absolute Gasteiger partial charge is 0.496 e. The molecule has 19 heavy (non-hydrogen) atoms. The monoisotopic (exact) mass is 258 g/mol. The van der Waals surface area contributed by atoms with Gasteiger partial charge in [-0.05, 0) is 40.2 Å². The van der Waals surface area contributed by atoms with Gasteiger partial charge in [0.15, 0.2) is 0 Å². The molecule has 1 fully saturated rings. The number of pyridine rings is 1. The number of hydrogen-bond acceptors (Lipinski definition) is 4. The highest BCUT2D eigenvalue weighted by atomic mass is 16.7. The van der Waals surface area contributed by atoms with Gasteiger partial charge in [0.25, 0.3) is 0 Å². The molecule has 1 aromatic rings. The average molecular weight is 258 g/mol. The Morgan fingerprint density at radius 1 is 1.26 bits per heavy atom. The molecule has 2 rings (SSSR count). The molecule has 5 heteroatoms. The molecule has 0 aliphatic carbocycles. The fraction of sp³-hybridized carbons (Fsp3) is 0.571. The van der Waals surface area contributed by atoms with Crippen LogP contribution in [0.1, 0.15) is 45.9 Å². The zero-order valence-corrected chi connectivity index (χ0v) is 12.2. The summed E-state index contributed by atoms with van der Waals surface area (Å²) in [5.41, 5.74) is 1.33. The lowest BCUT2D eigenvalue weighted by atomic mass is 9.76. The summed E-state index contributed by atoms with van der Waals surface area (Å²) >= 11 is 0. The lowest BCUT2D eigenvalue weighted by Crippen LogP contribution is -2.41. The Kier molecular flexibility index (Phi) is 3.42. The van der Waals surface area contributed by atoms with Crippen LogP contribution in [0.4, 0.5) is 0 Å². The molecule has 1 aliphatic rings. The topological polar surface area (TPSA) is 55.1 Å². The van der Waals surface area contributed by atoms with Crippen molar-refractivity contribution in [3.05, 3.63) is 23.5 Å². The maximum atomic E-state index is 9.35. The quantitative estimate of drug-likeness (QED) is 0.759. The highest BCUT2D eigenvalue weighted by Gasteiger charge is 2.52. The van der Waals surface area contributed by atoms with Crippen molar-refractivity contribution in [2.45, 2.75) is 52.2 Å². The van der Waals surface area contributed by atoms with Gasteiger partial charge in [-0.2, -0.15) is 5.26 Å². The van der Waals surface area contributed by atoms with Crippen molar-refractivity contribution in [2.75, 3.05) is 0 Å². The van der Waals surface area contributed by atoms with E-state index in [4.69, 9.17) is 9.31 Å². The van der Waals surface area contributed by atoms with Crippen LogP contribution in [-0.2, 0) is 15.7 Å². The van der Waals surface area contributed by atoms with Crippen molar-refractivity contribution in [1.82, 2.24) is 4.98 Å². The Labute approximate surface area is 114 Å². The fourth-order valence-electron chi connectivity index (χ4n) is 2.09. The van der Waals surface area contributed by atoms with Gasteiger partial charge in [-0.25, -0.2) is 0 Å². The van der Waals surface area contributed by atoms with Crippen LogP contribution in [0.15, 0.2) is 12.3 Å². The number of nitriles is 1. The Morgan fingerprint density at radius 3 is 2.32 bits per heavy atom. The smallest absolute Gasteiger partial charge is 0.399 e. The van der Waals surface area contributed by atoms with Gasteiger partial charge < -0.3 is 9.31 Å². The molecule has 1 saturated heterocycles. The first-order valence-corrected chi connectivity index (χ1v) is 6.56. The van der Waals surface area contributed by atoms with Crippen LogP contribution in [0.3, 0.4) is 0 Å². The number of rotatable bonds is 2. The molecule has 0 unspecified atom stereocenters. The van der Waals surface area contributed by atoms with E-state index >= 15 is 0 Å². The van der Waals surface area contributed by atoms with Gasteiger partial charge in [-0.3, -0.25) is 4.98 Å². The van der Waals surface area contributed by atoms with Crippen LogP contribution in [0.2, 0.25) is 0 Å².